The fourth-order valence-electron chi connectivity index (χ4n) is 2.02. The van der Waals surface area contributed by atoms with Gasteiger partial charge in [-0.05, 0) is 0 Å². The molecule has 0 aliphatic heterocycles. The maximum atomic E-state index is 12.2. The lowest BCUT2D eigenvalue weighted by Crippen LogP contribution is -2.26. The summed E-state index contributed by atoms with van der Waals surface area (Å²) in [7, 11) is -4.99. The van der Waals surface area contributed by atoms with E-state index in [2.05, 4.69) is 0 Å². The molecule has 0 radical (unpaired) electrons. The van der Waals surface area contributed by atoms with Crippen molar-refractivity contribution < 1.29 is 38.7 Å². The van der Waals surface area contributed by atoms with E-state index < -0.39 is 37.3 Å². The number of benzene rings is 1. The van der Waals surface area contributed by atoms with Crippen molar-refractivity contribution in [2.75, 3.05) is 6.54 Å². The highest BCUT2D eigenvalue weighted by molar-refractivity contribution is 7.66. The SMILES string of the molecule is O=C(O)C[N+](=CP(=O)([O-])O)C1=C(O)c2ccccc2C1=O. The quantitative estimate of drug-likeness (QED) is 0.397. The van der Waals surface area contributed by atoms with Crippen LogP contribution in [-0.2, 0) is 9.36 Å². The number of fused-ring (bicyclic) bond motifs is 1. The number of rotatable bonds is 4. The topological polar surface area (TPSA) is 138 Å². The normalized spacial score (nSPS) is 17.6. The summed E-state index contributed by atoms with van der Waals surface area (Å²) < 4.78 is 11.4. The second-order valence-electron chi connectivity index (χ2n) is 4.27. The maximum absolute atomic E-state index is 12.2. The number of Topliss-reactive ketones (excluding diaryl/α,β-unsaturated/α-hetero) is 1. The summed E-state index contributed by atoms with van der Waals surface area (Å²) in [5.74, 6) is -2.50. The van der Waals surface area contributed by atoms with Gasteiger partial charge in [-0.1, -0.05) is 24.3 Å². The monoisotopic (exact) mass is 311 g/mol. The van der Waals surface area contributed by atoms with E-state index in [1.165, 1.54) is 12.1 Å². The molecule has 0 bridgehead atoms. The average molecular weight is 311 g/mol. The zero-order valence-corrected chi connectivity index (χ0v) is 11.4. The number of carboxylic acids is 1. The van der Waals surface area contributed by atoms with Crippen LogP contribution in [0.3, 0.4) is 0 Å². The van der Waals surface area contributed by atoms with Gasteiger partial charge in [0.1, 0.15) is 0 Å². The third kappa shape index (κ3) is 3.08. The molecule has 1 aliphatic rings. The molecule has 0 saturated carbocycles. The van der Waals surface area contributed by atoms with E-state index in [0.717, 1.165) is 0 Å². The summed E-state index contributed by atoms with van der Waals surface area (Å²) >= 11 is 0. The van der Waals surface area contributed by atoms with Gasteiger partial charge in [0.25, 0.3) is 11.5 Å². The Hall–Kier alpha value is -2.28. The molecule has 0 saturated heterocycles. The van der Waals surface area contributed by atoms with E-state index >= 15 is 0 Å². The fourth-order valence-corrected chi connectivity index (χ4v) is 2.57. The van der Waals surface area contributed by atoms with Crippen LogP contribution < -0.4 is 4.89 Å². The van der Waals surface area contributed by atoms with E-state index in [-0.39, 0.29) is 17.1 Å². The van der Waals surface area contributed by atoms with Gasteiger partial charge in [-0.25, -0.2) is 4.79 Å². The van der Waals surface area contributed by atoms with Crippen molar-refractivity contribution in [3.8, 4) is 0 Å². The molecule has 0 fully saturated rings. The molecule has 0 amide bonds. The van der Waals surface area contributed by atoms with E-state index in [9.17, 15) is 24.2 Å². The molecule has 0 heterocycles. The zero-order chi connectivity index (χ0) is 15.8. The van der Waals surface area contributed by atoms with Crippen LogP contribution in [0.25, 0.3) is 5.76 Å². The first-order valence-electron chi connectivity index (χ1n) is 5.66. The van der Waals surface area contributed by atoms with Crippen LogP contribution in [0.4, 0.5) is 0 Å². The van der Waals surface area contributed by atoms with Gasteiger partial charge in [-0.3, -0.25) is 9.36 Å². The number of aliphatic hydroxyl groups is 1. The van der Waals surface area contributed by atoms with Gasteiger partial charge in [0, 0.05) is 11.1 Å². The van der Waals surface area contributed by atoms with Crippen molar-refractivity contribution in [2.24, 2.45) is 0 Å². The Morgan fingerprint density at radius 2 is 1.90 bits per heavy atom. The van der Waals surface area contributed by atoms with Gasteiger partial charge in [0.2, 0.25) is 25.9 Å². The first-order valence-corrected chi connectivity index (χ1v) is 7.30. The predicted octanol–water partition coefficient (Wildman–Crippen LogP) is -0.219. The van der Waals surface area contributed by atoms with Crippen LogP contribution in [0.5, 0.6) is 0 Å². The smallest absolute Gasteiger partial charge is 0.370 e. The van der Waals surface area contributed by atoms with Gasteiger partial charge in [-0.15, -0.1) is 0 Å². The number of ketones is 1. The van der Waals surface area contributed by atoms with Gasteiger partial charge < -0.3 is 20.0 Å². The van der Waals surface area contributed by atoms with Crippen molar-refractivity contribution in [3.63, 3.8) is 0 Å². The zero-order valence-electron chi connectivity index (χ0n) is 10.5. The maximum Gasteiger partial charge on any atom is 0.370 e. The van der Waals surface area contributed by atoms with Crippen LogP contribution in [0.2, 0.25) is 0 Å². The van der Waals surface area contributed by atoms with E-state index in [0.29, 0.717) is 4.58 Å². The van der Waals surface area contributed by atoms with Crippen molar-refractivity contribution in [2.45, 2.75) is 0 Å². The van der Waals surface area contributed by atoms with E-state index in [4.69, 9.17) is 10.00 Å². The van der Waals surface area contributed by atoms with E-state index in [1.54, 1.807) is 12.1 Å². The Balaban J connectivity index is 2.60. The van der Waals surface area contributed by atoms with Gasteiger partial charge >= 0.3 is 5.97 Å². The standard InChI is InChI=1S/C12H10NO7P/c14-9(15)5-13(6-21(18,19)20)10-11(16)7-3-1-2-4-8(7)12(10)17/h1-4,6H,5H2,(H3-,14,15,16,17,18,19,20). The van der Waals surface area contributed by atoms with Crippen LogP contribution in [-0.4, -0.2) is 43.9 Å². The number of aliphatic hydroxyl groups excluding tert-OH is 1. The Labute approximate surface area is 118 Å². The number of nitrogens with zero attached hydrogens (tertiary/aromatic N) is 1. The Morgan fingerprint density at radius 3 is 2.38 bits per heavy atom. The van der Waals surface area contributed by atoms with Crippen LogP contribution in [0.1, 0.15) is 15.9 Å². The summed E-state index contributed by atoms with van der Waals surface area (Å²) in [6.45, 7) is -0.911. The third-order valence-corrected chi connectivity index (χ3v) is 3.31. The summed E-state index contributed by atoms with van der Waals surface area (Å²) in [6.07, 6.45) is 0. The van der Waals surface area contributed by atoms with Crippen molar-refractivity contribution in [1.29, 1.82) is 0 Å². The summed E-state index contributed by atoms with van der Waals surface area (Å²) in [5, 5.41) is 18.8. The number of carbonyl (C=O) groups is 2. The summed E-state index contributed by atoms with van der Waals surface area (Å²) in [5.41, 5.74) is -0.226. The molecule has 8 nitrogen and oxygen atoms in total. The Kier molecular flexibility index (Phi) is 3.78. The lowest BCUT2D eigenvalue weighted by Gasteiger charge is -2.08. The van der Waals surface area contributed by atoms with Crippen LogP contribution in [0.15, 0.2) is 30.0 Å². The molecule has 110 valence electrons. The van der Waals surface area contributed by atoms with Crippen LogP contribution in [0, 0.1) is 0 Å². The highest BCUT2D eigenvalue weighted by atomic mass is 31.2. The molecule has 0 aromatic heterocycles. The van der Waals surface area contributed by atoms with Crippen molar-refractivity contribution in [1.82, 2.24) is 0 Å². The molecular formula is C12H10NO7P. The molecule has 1 aromatic rings. The van der Waals surface area contributed by atoms with E-state index in [1.807, 2.05) is 0 Å². The lowest BCUT2D eigenvalue weighted by atomic mass is 10.1. The Morgan fingerprint density at radius 1 is 1.33 bits per heavy atom. The fraction of sp³-hybridized carbons (Fsp3) is 0.0833. The number of carbonyl (C=O) groups excluding carboxylic acids is 1. The first kappa shape index (κ1) is 15.1. The average Bonchev–Trinajstić information content (AvgIpc) is 2.59. The molecule has 0 spiro atoms. The highest BCUT2D eigenvalue weighted by Gasteiger charge is 2.39. The second kappa shape index (κ2) is 5.25. The minimum absolute atomic E-state index is 0.118. The third-order valence-electron chi connectivity index (χ3n) is 2.74. The van der Waals surface area contributed by atoms with Crippen LogP contribution >= 0.6 is 7.60 Å². The molecule has 2 rings (SSSR count). The number of allylic oxidation sites excluding steroid dienone is 1. The Bertz CT molecular complexity index is 744. The van der Waals surface area contributed by atoms with Crippen molar-refractivity contribution >= 4 is 31.1 Å². The molecular weight excluding hydrogens is 301 g/mol. The van der Waals surface area contributed by atoms with Crippen molar-refractivity contribution in [3.05, 3.63) is 41.1 Å². The first-order chi connectivity index (χ1) is 9.70. The molecule has 1 unspecified atom stereocenters. The molecule has 3 N–H and O–H groups in total. The highest BCUT2D eigenvalue weighted by Crippen LogP contribution is 2.33. The molecule has 21 heavy (non-hydrogen) atoms. The molecule has 1 aliphatic carbocycles. The molecule has 1 atom stereocenters. The summed E-state index contributed by atoms with van der Waals surface area (Å²) in [6, 6.07) is 5.95. The lowest BCUT2D eigenvalue weighted by molar-refractivity contribution is -0.454. The number of carboxylic acid groups (broad SMARTS) is 1. The number of hydrogen-bond acceptors (Lipinski definition) is 5. The number of hydrogen-bond donors (Lipinski definition) is 3. The van der Waals surface area contributed by atoms with Gasteiger partial charge in [0.15, 0.2) is 0 Å². The van der Waals surface area contributed by atoms with Gasteiger partial charge in [-0.2, -0.15) is 4.58 Å². The summed E-state index contributed by atoms with van der Waals surface area (Å²) in [4.78, 5) is 42.7. The van der Waals surface area contributed by atoms with Gasteiger partial charge in [0.05, 0.1) is 0 Å². The minimum atomic E-state index is -4.99. The minimum Gasteiger partial charge on any atom is -0.771 e. The molecule has 9 heteroatoms. The molecule has 1 aromatic carbocycles. The largest absolute Gasteiger partial charge is 0.771 e. The number of aliphatic carboxylic acids is 1. The predicted molar refractivity (Wildman–Crippen MR) is 69.0 cm³/mol. The second-order valence-corrected chi connectivity index (χ2v) is 5.63.